The van der Waals surface area contributed by atoms with Gasteiger partial charge in [0.25, 0.3) is 11.7 Å². The molecule has 2 atom stereocenters. The van der Waals surface area contributed by atoms with Gasteiger partial charge in [-0.25, -0.2) is 0 Å². The van der Waals surface area contributed by atoms with Crippen molar-refractivity contribution in [1.29, 1.82) is 0 Å². The molecule has 8 nitrogen and oxygen atoms in total. The van der Waals surface area contributed by atoms with Gasteiger partial charge in [-0.3, -0.25) is 9.59 Å². The third-order valence-electron chi connectivity index (χ3n) is 7.30. The molecule has 1 N–H and O–H groups in total. The minimum absolute atomic E-state index is 0.0503. The molecule has 1 amide bonds. The molecule has 2 aliphatic heterocycles. The Labute approximate surface area is 237 Å². The first kappa shape index (κ1) is 29.5. The Morgan fingerprint density at radius 3 is 2.58 bits per heavy atom. The zero-order chi connectivity index (χ0) is 28.8. The van der Waals surface area contributed by atoms with Crippen molar-refractivity contribution in [2.75, 3.05) is 40.4 Å². The van der Waals surface area contributed by atoms with Gasteiger partial charge in [-0.2, -0.15) is 0 Å². The number of carbonyl (C=O) groups excluding carboxylic acids is 2. The van der Waals surface area contributed by atoms with Gasteiger partial charge in [-0.05, 0) is 88.8 Å². The highest BCUT2D eigenvalue weighted by molar-refractivity contribution is 6.46. The van der Waals surface area contributed by atoms with Crippen LogP contribution in [0.3, 0.4) is 0 Å². The second-order valence-corrected chi connectivity index (χ2v) is 10.8. The monoisotopic (exact) mass is 550 g/mol. The highest BCUT2D eigenvalue weighted by atomic mass is 16.5. The largest absolute Gasteiger partial charge is 0.507 e. The average molecular weight is 551 g/mol. The number of ketones is 1. The first-order valence-electron chi connectivity index (χ1n) is 14.4. The van der Waals surface area contributed by atoms with E-state index in [9.17, 15) is 14.7 Å². The lowest BCUT2D eigenvalue weighted by atomic mass is 9.94. The van der Waals surface area contributed by atoms with E-state index in [0.717, 1.165) is 43.5 Å². The van der Waals surface area contributed by atoms with Gasteiger partial charge in [0.2, 0.25) is 0 Å². The summed E-state index contributed by atoms with van der Waals surface area (Å²) in [6.07, 6.45) is 4.58. The number of aliphatic hydroxyl groups excluding tert-OH is 1. The van der Waals surface area contributed by atoms with Crippen LogP contribution >= 0.6 is 0 Å². The number of fused-ring (bicyclic) bond motifs is 1. The number of hydrogen-bond donors (Lipinski definition) is 1. The van der Waals surface area contributed by atoms with Crippen LogP contribution in [0.4, 0.5) is 0 Å². The maximum absolute atomic E-state index is 13.5. The van der Waals surface area contributed by atoms with Gasteiger partial charge in [0.1, 0.15) is 17.6 Å². The molecule has 0 aromatic heterocycles. The second kappa shape index (κ2) is 13.2. The van der Waals surface area contributed by atoms with Crippen LogP contribution in [0.1, 0.15) is 69.2 Å². The highest BCUT2D eigenvalue weighted by Crippen LogP contribution is 2.43. The number of Topliss-reactive ketones (excluding diaryl/α,β-unsaturated/α-hetero) is 1. The Morgan fingerprint density at radius 1 is 1.05 bits per heavy atom. The van der Waals surface area contributed by atoms with E-state index >= 15 is 0 Å². The van der Waals surface area contributed by atoms with Crippen LogP contribution in [-0.4, -0.2) is 73.1 Å². The molecule has 4 rings (SSSR count). The third kappa shape index (κ3) is 6.44. The number of nitrogens with zero attached hydrogens (tertiary/aromatic N) is 2. The molecule has 2 aromatic carbocycles. The normalized spacial score (nSPS) is 19.7. The zero-order valence-electron chi connectivity index (χ0n) is 24.4. The van der Waals surface area contributed by atoms with Crippen molar-refractivity contribution in [3.8, 4) is 17.2 Å². The Kier molecular flexibility index (Phi) is 9.74. The number of benzene rings is 2. The number of likely N-dealkylation sites (tertiary alicyclic amines) is 1. The zero-order valence-corrected chi connectivity index (χ0v) is 24.4. The van der Waals surface area contributed by atoms with E-state index in [4.69, 9.17) is 14.2 Å². The maximum atomic E-state index is 13.5. The average Bonchev–Trinajstić information content (AvgIpc) is 3.42. The minimum Gasteiger partial charge on any atom is -0.507 e. The summed E-state index contributed by atoms with van der Waals surface area (Å²) in [6, 6.07) is 10.2. The van der Waals surface area contributed by atoms with E-state index in [2.05, 4.69) is 6.92 Å². The predicted octanol–water partition coefficient (Wildman–Crippen LogP) is 5.35. The van der Waals surface area contributed by atoms with Gasteiger partial charge in [-0.1, -0.05) is 25.8 Å². The van der Waals surface area contributed by atoms with Crippen LogP contribution < -0.4 is 14.2 Å². The molecular weight excluding hydrogens is 508 g/mol. The van der Waals surface area contributed by atoms with E-state index in [-0.39, 0.29) is 17.4 Å². The van der Waals surface area contributed by atoms with Gasteiger partial charge >= 0.3 is 0 Å². The van der Waals surface area contributed by atoms with Crippen molar-refractivity contribution in [1.82, 2.24) is 9.80 Å². The van der Waals surface area contributed by atoms with Crippen LogP contribution in [0.2, 0.25) is 0 Å². The minimum atomic E-state index is -0.751. The fraction of sp³-hybridized carbons (Fsp3) is 0.500. The Hall–Kier alpha value is -3.52. The Bertz CT molecular complexity index is 1250. The third-order valence-corrected chi connectivity index (χ3v) is 7.30. The molecule has 1 saturated heterocycles. The van der Waals surface area contributed by atoms with Gasteiger partial charge in [0, 0.05) is 18.5 Å². The molecular formula is C32H42N2O6. The lowest BCUT2D eigenvalue weighted by Crippen LogP contribution is -2.32. The van der Waals surface area contributed by atoms with Crippen LogP contribution in [-0.2, 0) is 16.0 Å². The number of aliphatic hydroxyl groups is 1. The molecule has 0 bridgehead atoms. The van der Waals surface area contributed by atoms with Gasteiger partial charge < -0.3 is 29.1 Å². The molecule has 2 aromatic rings. The molecule has 0 unspecified atom stereocenters. The number of unbranched alkanes of at least 4 members (excludes halogenated alkanes) is 2. The van der Waals surface area contributed by atoms with E-state index in [1.54, 1.807) is 11.0 Å². The SMILES string of the molecule is CCCCCOc1ccc([C@@H]2/C(=C(\O)c3ccc4c(c3)C[C@H](C)O4)C(=O)C(=O)N2CCCN(C)C)cc1OCC. The predicted molar refractivity (Wildman–Crippen MR) is 155 cm³/mol. The van der Waals surface area contributed by atoms with Crippen molar-refractivity contribution in [3.63, 3.8) is 0 Å². The van der Waals surface area contributed by atoms with Crippen LogP contribution in [0.15, 0.2) is 42.0 Å². The van der Waals surface area contributed by atoms with Gasteiger partial charge in [0.05, 0.1) is 24.8 Å². The molecule has 0 radical (unpaired) electrons. The van der Waals surface area contributed by atoms with Crippen molar-refractivity contribution >= 4 is 17.4 Å². The standard InChI is InChI=1S/C32H42N2O6/c1-6-8-9-17-39-26-14-11-22(20-27(26)38-7-2)29-28(31(36)32(37)34(29)16-10-15-33(4)5)30(35)23-12-13-25-24(19-23)18-21(3)40-25/h11-14,19-21,29,35H,6-10,15-18H2,1-5H3/b30-28+/t21-,29+/m0/s1. The molecule has 2 aliphatic rings. The molecule has 1 fully saturated rings. The fourth-order valence-corrected chi connectivity index (χ4v) is 5.36. The summed E-state index contributed by atoms with van der Waals surface area (Å²) >= 11 is 0. The van der Waals surface area contributed by atoms with Crippen LogP contribution in [0.25, 0.3) is 5.76 Å². The number of amides is 1. The number of hydrogen-bond acceptors (Lipinski definition) is 7. The van der Waals surface area contributed by atoms with E-state index < -0.39 is 17.7 Å². The number of rotatable bonds is 13. The smallest absolute Gasteiger partial charge is 0.295 e. The van der Waals surface area contributed by atoms with Crippen LogP contribution in [0, 0.1) is 0 Å². The summed E-state index contributed by atoms with van der Waals surface area (Å²) in [7, 11) is 3.94. The van der Waals surface area contributed by atoms with E-state index in [1.165, 1.54) is 0 Å². The molecule has 0 spiro atoms. The second-order valence-electron chi connectivity index (χ2n) is 10.8. The first-order chi connectivity index (χ1) is 19.2. The summed E-state index contributed by atoms with van der Waals surface area (Å²) in [4.78, 5) is 30.5. The first-order valence-corrected chi connectivity index (χ1v) is 14.4. The highest BCUT2D eigenvalue weighted by Gasteiger charge is 2.46. The lowest BCUT2D eigenvalue weighted by molar-refractivity contribution is -0.139. The summed E-state index contributed by atoms with van der Waals surface area (Å²) in [5.41, 5.74) is 2.24. The fourth-order valence-electron chi connectivity index (χ4n) is 5.36. The molecule has 8 heteroatoms. The Morgan fingerprint density at radius 2 is 1.85 bits per heavy atom. The molecule has 0 aliphatic carbocycles. The van der Waals surface area contributed by atoms with Crippen molar-refractivity contribution < 1.29 is 28.9 Å². The van der Waals surface area contributed by atoms with Crippen molar-refractivity contribution in [2.24, 2.45) is 0 Å². The molecule has 0 saturated carbocycles. The molecule has 2 heterocycles. The van der Waals surface area contributed by atoms with Gasteiger partial charge in [0.15, 0.2) is 11.5 Å². The van der Waals surface area contributed by atoms with Crippen molar-refractivity contribution in [3.05, 3.63) is 58.7 Å². The number of carbonyl (C=O) groups is 2. The summed E-state index contributed by atoms with van der Waals surface area (Å²) < 4.78 is 17.7. The van der Waals surface area contributed by atoms with Crippen molar-refractivity contribution in [2.45, 2.75) is 65.0 Å². The van der Waals surface area contributed by atoms with E-state index in [0.29, 0.717) is 48.8 Å². The lowest BCUT2D eigenvalue weighted by Gasteiger charge is -2.26. The number of ether oxygens (including phenoxy) is 3. The maximum Gasteiger partial charge on any atom is 0.295 e. The summed E-state index contributed by atoms with van der Waals surface area (Å²) in [5.74, 6) is 0.480. The Balaban J connectivity index is 1.76. The van der Waals surface area contributed by atoms with Crippen LogP contribution in [0.5, 0.6) is 17.2 Å². The molecule has 40 heavy (non-hydrogen) atoms. The topological polar surface area (TPSA) is 88.5 Å². The van der Waals surface area contributed by atoms with E-state index in [1.807, 2.05) is 63.2 Å². The van der Waals surface area contributed by atoms with Gasteiger partial charge in [-0.15, -0.1) is 0 Å². The summed E-state index contributed by atoms with van der Waals surface area (Å²) in [6.45, 7) is 8.19. The molecule has 216 valence electrons. The summed E-state index contributed by atoms with van der Waals surface area (Å²) in [5, 5.41) is 11.5. The quantitative estimate of drug-likeness (QED) is 0.156.